The van der Waals surface area contributed by atoms with E-state index in [9.17, 15) is 0 Å². The van der Waals surface area contributed by atoms with Crippen molar-refractivity contribution in [2.45, 2.75) is 45.6 Å². The summed E-state index contributed by atoms with van der Waals surface area (Å²) in [5.41, 5.74) is 0. The SMILES string of the molecule is CCCNCCCCCCOCc1ccco1. The van der Waals surface area contributed by atoms with Crippen LogP contribution in [-0.4, -0.2) is 19.7 Å². The van der Waals surface area contributed by atoms with Crippen molar-refractivity contribution in [2.24, 2.45) is 0 Å². The number of rotatable bonds is 11. The van der Waals surface area contributed by atoms with Gasteiger partial charge in [0.15, 0.2) is 0 Å². The minimum absolute atomic E-state index is 0.602. The summed E-state index contributed by atoms with van der Waals surface area (Å²) >= 11 is 0. The maximum Gasteiger partial charge on any atom is 0.129 e. The molecule has 0 bridgehead atoms. The standard InChI is InChI=1S/C14H25NO2/c1-2-9-15-10-5-3-4-6-11-16-13-14-8-7-12-17-14/h7-8,12,15H,2-6,9-11,13H2,1H3. The van der Waals surface area contributed by atoms with Gasteiger partial charge in [0.25, 0.3) is 0 Å². The highest BCUT2D eigenvalue weighted by Crippen LogP contribution is 2.04. The summed E-state index contributed by atoms with van der Waals surface area (Å²) in [4.78, 5) is 0. The fourth-order valence-corrected chi connectivity index (χ4v) is 1.68. The highest BCUT2D eigenvalue weighted by Gasteiger charge is 1.95. The van der Waals surface area contributed by atoms with Crippen LogP contribution in [-0.2, 0) is 11.3 Å². The van der Waals surface area contributed by atoms with E-state index in [1.165, 1.54) is 25.7 Å². The highest BCUT2D eigenvalue weighted by atomic mass is 16.5. The normalized spacial score (nSPS) is 10.9. The maximum atomic E-state index is 5.51. The zero-order valence-electron chi connectivity index (χ0n) is 10.9. The van der Waals surface area contributed by atoms with Gasteiger partial charge in [-0.1, -0.05) is 19.8 Å². The van der Waals surface area contributed by atoms with Crippen molar-refractivity contribution in [3.8, 4) is 0 Å². The Labute approximate surface area is 105 Å². The molecule has 0 aromatic carbocycles. The van der Waals surface area contributed by atoms with Crippen molar-refractivity contribution in [2.75, 3.05) is 19.7 Å². The lowest BCUT2D eigenvalue weighted by atomic mass is 10.2. The van der Waals surface area contributed by atoms with E-state index in [0.29, 0.717) is 6.61 Å². The lowest BCUT2D eigenvalue weighted by Crippen LogP contribution is -2.15. The minimum atomic E-state index is 0.602. The summed E-state index contributed by atoms with van der Waals surface area (Å²) in [6.07, 6.45) is 7.88. The van der Waals surface area contributed by atoms with E-state index in [1.54, 1.807) is 6.26 Å². The van der Waals surface area contributed by atoms with Crippen molar-refractivity contribution in [3.05, 3.63) is 24.2 Å². The molecular formula is C14H25NO2. The Balaban J connectivity index is 1.76. The molecule has 98 valence electrons. The molecule has 0 saturated carbocycles. The largest absolute Gasteiger partial charge is 0.467 e. The number of unbranched alkanes of at least 4 members (excludes halogenated alkanes) is 3. The predicted molar refractivity (Wildman–Crippen MR) is 70.0 cm³/mol. The van der Waals surface area contributed by atoms with E-state index in [-0.39, 0.29) is 0 Å². The van der Waals surface area contributed by atoms with Crippen LogP contribution in [0.5, 0.6) is 0 Å². The van der Waals surface area contributed by atoms with Crippen LogP contribution < -0.4 is 5.32 Å². The molecule has 1 rings (SSSR count). The molecule has 1 heterocycles. The van der Waals surface area contributed by atoms with Crippen molar-refractivity contribution < 1.29 is 9.15 Å². The number of furan rings is 1. The molecule has 0 spiro atoms. The van der Waals surface area contributed by atoms with E-state index >= 15 is 0 Å². The van der Waals surface area contributed by atoms with Gasteiger partial charge in [-0.3, -0.25) is 0 Å². The van der Waals surface area contributed by atoms with Crippen LogP contribution >= 0.6 is 0 Å². The first-order valence-electron chi connectivity index (χ1n) is 6.74. The summed E-state index contributed by atoms with van der Waals surface area (Å²) < 4.78 is 10.7. The second kappa shape index (κ2) is 10.4. The van der Waals surface area contributed by atoms with Gasteiger partial charge in [0, 0.05) is 6.61 Å². The van der Waals surface area contributed by atoms with E-state index in [2.05, 4.69) is 12.2 Å². The molecule has 3 heteroatoms. The van der Waals surface area contributed by atoms with Gasteiger partial charge in [-0.15, -0.1) is 0 Å². The zero-order chi connectivity index (χ0) is 12.2. The summed E-state index contributed by atoms with van der Waals surface area (Å²) in [5.74, 6) is 0.911. The first kappa shape index (κ1) is 14.3. The topological polar surface area (TPSA) is 34.4 Å². The molecule has 17 heavy (non-hydrogen) atoms. The minimum Gasteiger partial charge on any atom is -0.467 e. The van der Waals surface area contributed by atoms with E-state index in [0.717, 1.165) is 31.9 Å². The van der Waals surface area contributed by atoms with Gasteiger partial charge in [0.05, 0.1) is 6.26 Å². The molecule has 0 fully saturated rings. The first-order valence-corrected chi connectivity index (χ1v) is 6.74. The van der Waals surface area contributed by atoms with Crippen molar-refractivity contribution in [1.82, 2.24) is 5.32 Å². The highest BCUT2D eigenvalue weighted by molar-refractivity contribution is 4.95. The molecule has 3 nitrogen and oxygen atoms in total. The van der Waals surface area contributed by atoms with Crippen LogP contribution in [0.25, 0.3) is 0 Å². The second-order valence-electron chi connectivity index (χ2n) is 4.30. The lowest BCUT2D eigenvalue weighted by molar-refractivity contribution is 0.102. The molecule has 0 saturated heterocycles. The average Bonchev–Trinajstić information content (AvgIpc) is 2.85. The third-order valence-electron chi connectivity index (χ3n) is 2.64. The third kappa shape index (κ3) is 8.00. The van der Waals surface area contributed by atoms with Crippen LogP contribution in [0.4, 0.5) is 0 Å². The Kier molecular flexibility index (Phi) is 8.69. The molecule has 0 amide bonds. The number of hydrogen-bond donors (Lipinski definition) is 1. The average molecular weight is 239 g/mol. The first-order chi connectivity index (χ1) is 8.43. The predicted octanol–water partition coefficient (Wildman–Crippen LogP) is 3.36. The third-order valence-corrected chi connectivity index (χ3v) is 2.64. The molecule has 0 atom stereocenters. The van der Waals surface area contributed by atoms with Gasteiger partial charge in [-0.2, -0.15) is 0 Å². The van der Waals surface area contributed by atoms with Crippen LogP contribution in [0.15, 0.2) is 22.8 Å². The van der Waals surface area contributed by atoms with E-state index in [1.807, 2.05) is 12.1 Å². The molecule has 1 aromatic rings. The maximum absolute atomic E-state index is 5.51. The molecule has 0 unspecified atom stereocenters. The molecule has 1 N–H and O–H groups in total. The summed E-state index contributed by atoms with van der Waals surface area (Å²) in [5, 5.41) is 3.41. The molecular weight excluding hydrogens is 214 g/mol. The Morgan fingerprint density at radius 1 is 1.18 bits per heavy atom. The van der Waals surface area contributed by atoms with Crippen LogP contribution in [0, 0.1) is 0 Å². The number of nitrogens with one attached hydrogen (secondary N) is 1. The molecule has 0 aliphatic heterocycles. The Hall–Kier alpha value is -0.800. The molecule has 0 aliphatic rings. The van der Waals surface area contributed by atoms with Crippen molar-refractivity contribution >= 4 is 0 Å². The summed E-state index contributed by atoms with van der Waals surface area (Å²) in [6, 6.07) is 3.83. The van der Waals surface area contributed by atoms with Gasteiger partial charge in [0.2, 0.25) is 0 Å². The number of ether oxygens (including phenoxy) is 1. The smallest absolute Gasteiger partial charge is 0.129 e. The molecule has 0 aliphatic carbocycles. The van der Waals surface area contributed by atoms with E-state index < -0.39 is 0 Å². The quantitative estimate of drug-likeness (QED) is 0.601. The molecule has 0 radical (unpaired) electrons. The van der Waals surface area contributed by atoms with E-state index in [4.69, 9.17) is 9.15 Å². The zero-order valence-corrected chi connectivity index (χ0v) is 10.9. The summed E-state index contributed by atoms with van der Waals surface area (Å²) in [7, 11) is 0. The second-order valence-corrected chi connectivity index (χ2v) is 4.30. The van der Waals surface area contributed by atoms with Crippen molar-refractivity contribution in [1.29, 1.82) is 0 Å². The van der Waals surface area contributed by atoms with Gasteiger partial charge >= 0.3 is 0 Å². The van der Waals surface area contributed by atoms with Gasteiger partial charge < -0.3 is 14.5 Å². The van der Waals surface area contributed by atoms with Gasteiger partial charge in [-0.25, -0.2) is 0 Å². The monoisotopic (exact) mass is 239 g/mol. The Morgan fingerprint density at radius 3 is 2.82 bits per heavy atom. The fraction of sp³-hybridized carbons (Fsp3) is 0.714. The fourth-order valence-electron chi connectivity index (χ4n) is 1.68. The van der Waals surface area contributed by atoms with Crippen LogP contribution in [0.2, 0.25) is 0 Å². The van der Waals surface area contributed by atoms with Crippen LogP contribution in [0.3, 0.4) is 0 Å². The molecule has 1 aromatic heterocycles. The Bertz CT molecular complexity index is 247. The number of hydrogen-bond acceptors (Lipinski definition) is 3. The van der Waals surface area contributed by atoms with Gasteiger partial charge in [0.1, 0.15) is 12.4 Å². The van der Waals surface area contributed by atoms with Gasteiger partial charge in [-0.05, 0) is 44.5 Å². The summed E-state index contributed by atoms with van der Waals surface area (Å²) in [6.45, 7) is 5.94. The van der Waals surface area contributed by atoms with Crippen molar-refractivity contribution in [3.63, 3.8) is 0 Å². The Morgan fingerprint density at radius 2 is 2.06 bits per heavy atom. The lowest BCUT2D eigenvalue weighted by Gasteiger charge is -2.04. The van der Waals surface area contributed by atoms with Crippen LogP contribution in [0.1, 0.15) is 44.8 Å².